The van der Waals surface area contributed by atoms with Gasteiger partial charge in [-0.3, -0.25) is 0 Å². The summed E-state index contributed by atoms with van der Waals surface area (Å²) in [6.45, 7) is 4.95. The smallest absolute Gasteiger partial charge is 0.473 e. The van der Waals surface area contributed by atoms with E-state index >= 15 is 0 Å². The van der Waals surface area contributed by atoms with Gasteiger partial charge in [0.25, 0.3) is 0 Å². The first-order chi connectivity index (χ1) is 22.2. The summed E-state index contributed by atoms with van der Waals surface area (Å²) in [5, 5.41) is 8.24. The first-order valence-electron chi connectivity index (χ1n) is 11.9. The zero-order valence-corrected chi connectivity index (χ0v) is 23.8. The molecule has 30 heteroatoms. The molecule has 0 radical (unpaired) electrons. The minimum absolute atomic E-state index is 0.266. The van der Waals surface area contributed by atoms with Crippen molar-refractivity contribution >= 4 is 11.9 Å². The van der Waals surface area contributed by atoms with Crippen molar-refractivity contribution in [2.75, 3.05) is 0 Å². The fourth-order valence-electron chi connectivity index (χ4n) is 2.67. The molecule has 0 aromatic carbocycles. The predicted octanol–water partition coefficient (Wildman–Crippen LogP) is 10.3. The molecule has 0 saturated heterocycles. The van der Waals surface area contributed by atoms with Crippen LogP contribution in [-0.2, 0) is 14.3 Å². The zero-order chi connectivity index (χ0) is 43.0. The molecule has 0 atom stereocenters. The Morgan fingerprint density at radius 2 is 0.827 bits per heavy atom. The second-order valence-corrected chi connectivity index (χ2v) is 9.59. The minimum Gasteiger partial charge on any atom is -0.478 e. The van der Waals surface area contributed by atoms with Crippen molar-refractivity contribution in [2.45, 2.75) is 97.4 Å². The fourth-order valence-corrected chi connectivity index (χ4v) is 2.67. The lowest BCUT2D eigenvalue weighted by molar-refractivity contribution is -0.440. The molecule has 0 saturated carbocycles. The molecule has 0 aliphatic heterocycles. The largest absolute Gasteiger partial charge is 0.478 e. The number of carboxylic acids is 1. The third-order valence-corrected chi connectivity index (χ3v) is 5.77. The molecule has 0 fully saturated rings. The standard InChI is InChI=1S/2C11H7F13O2/c1-4(5(25)26)2-3-6(12,13)7(14,15)8(16,17)9(18,19)10(20,21)11(22,23)24;1-2-5(25)26-11(23,24)10(21,22)9(19,20)8(17,18)6(12,13)3-4-7(14,15)16/h1-3H2,(H,25,26);2H,1,3-4H2. The number of carbonyl (C=O) groups excluding carboxylic acids is 1. The number of rotatable bonds is 16. The zero-order valence-electron chi connectivity index (χ0n) is 23.8. The Bertz CT molecular complexity index is 1290. The van der Waals surface area contributed by atoms with Gasteiger partial charge in [0.15, 0.2) is 0 Å². The second-order valence-electron chi connectivity index (χ2n) is 9.59. The van der Waals surface area contributed by atoms with Crippen LogP contribution in [0.2, 0.25) is 0 Å². The van der Waals surface area contributed by atoms with Gasteiger partial charge in [0, 0.05) is 30.9 Å². The van der Waals surface area contributed by atoms with E-state index < -0.39 is 115 Å². The molecule has 0 aliphatic carbocycles. The first kappa shape index (κ1) is 50.7. The summed E-state index contributed by atoms with van der Waals surface area (Å²) in [7, 11) is 0. The van der Waals surface area contributed by atoms with Crippen molar-refractivity contribution in [3.63, 3.8) is 0 Å². The maximum absolute atomic E-state index is 13.2. The van der Waals surface area contributed by atoms with Crippen LogP contribution in [0.25, 0.3) is 0 Å². The third kappa shape index (κ3) is 9.39. The average Bonchev–Trinajstić information content (AvgIpc) is 2.92. The summed E-state index contributed by atoms with van der Waals surface area (Å²) >= 11 is 0. The van der Waals surface area contributed by atoms with E-state index in [2.05, 4.69) is 17.9 Å². The van der Waals surface area contributed by atoms with Gasteiger partial charge in [0.1, 0.15) is 0 Å². The maximum Gasteiger partial charge on any atom is 0.473 e. The molecular weight excluding hydrogens is 822 g/mol. The van der Waals surface area contributed by atoms with Crippen LogP contribution in [0.15, 0.2) is 24.8 Å². The Kier molecular flexibility index (Phi) is 14.4. The fraction of sp³-hybridized carbons (Fsp3) is 0.727. The number of esters is 1. The Morgan fingerprint density at radius 3 is 1.13 bits per heavy atom. The average molecular weight is 836 g/mol. The van der Waals surface area contributed by atoms with E-state index in [9.17, 15) is 124 Å². The third-order valence-electron chi connectivity index (χ3n) is 5.77. The number of alkyl halides is 26. The van der Waals surface area contributed by atoms with Gasteiger partial charge in [-0.2, -0.15) is 114 Å². The van der Waals surface area contributed by atoms with E-state index in [0.29, 0.717) is 0 Å². The molecule has 52 heavy (non-hydrogen) atoms. The SMILES string of the molecule is C=C(CCC(F)(F)C(F)(F)C(F)(F)C(F)(F)C(F)(F)C(F)(F)F)C(=O)O.C=CC(=O)OC(F)(F)C(F)(F)C(F)(F)C(F)(F)C(F)(F)CCC(F)(F)F. The second kappa shape index (κ2) is 14.8. The Hall–Kier alpha value is -3.40. The van der Waals surface area contributed by atoms with Crippen molar-refractivity contribution < 1.29 is 134 Å². The molecule has 0 aromatic heterocycles. The summed E-state index contributed by atoms with van der Waals surface area (Å²) in [4.78, 5) is 20.6. The van der Waals surface area contributed by atoms with Crippen LogP contribution >= 0.6 is 0 Å². The van der Waals surface area contributed by atoms with E-state index in [1.54, 1.807) is 0 Å². The van der Waals surface area contributed by atoms with Crippen LogP contribution in [-0.4, -0.2) is 88.8 Å². The van der Waals surface area contributed by atoms with Crippen LogP contribution < -0.4 is 0 Å². The van der Waals surface area contributed by atoms with Gasteiger partial charge in [-0.1, -0.05) is 13.2 Å². The molecule has 4 nitrogen and oxygen atoms in total. The van der Waals surface area contributed by atoms with Crippen LogP contribution in [0.4, 0.5) is 114 Å². The lowest BCUT2D eigenvalue weighted by atomic mass is 9.91. The highest BCUT2D eigenvalue weighted by Gasteiger charge is 2.91. The number of aliphatic carboxylic acids is 1. The van der Waals surface area contributed by atoms with Gasteiger partial charge >= 0.3 is 83.7 Å². The Labute approximate surface area is 269 Å². The van der Waals surface area contributed by atoms with E-state index in [1.165, 1.54) is 0 Å². The Morgan fingerprint density at radius 1 is 0.500 bits per heavy atom. The summed E-state index contributed by atoms with van der Waals surface area (Å²) < 4.78 is 334. The van der Waals surface area contributed by atoms with Crippen molar-refractivity contribution in [1.82, 2.24) is 0 Å². The predicted molar refractivity (Wildman–Crippen MR) is 113 cm³/mol. The quantitative estimate of drug-likeness (QED) is 0.0956. The topological polar surface area (TPSA) is 63.6 Å². The molecule has 0 amide bonds. The van der Waals surface area contributed by atoms with Gasteiger partial charge in [0.2, 0.25) is 0 Å². The summed E-state index contributed by atoms with van der Waals surface area (Å²) in [6, 6.07) is 0. The van der Waals surface area contributed by atoms with Crippen LogP contribution in [0.1, 0.15) is 25.7 Å². The van der Waals surface area contributed by atoms with E-state index in [1.807, 2.05) is 0 Å². The van der Waals surface area contributed by atoms with Crippen molar-refractivity contribution in [1.29, 1.82) is 0 Å². The molecule has 0 aromatic rings. The van der Waals surface area contributed by atoms with Gasteiger partial charge in [0.05, 0.1) is 0 Å². The van der Waals surface area contributed by atoms with Crippen molar-refractivity contribution in [2.24, 2.45) is 0 Å². The molecule has 308 valence electrons. The summed E-state index contributed by atoms with van der Waals surface area (Å²) in [5.74, 6) is -70.8. The van der Waals surface area contributed by atoms with E-state index in [-0.39, 0.29) is 6.08 Å². The van der Waals surface area contributed by atoms with Gasteiger partial charge in [-0.25, -0.2) is 9.59 Å². The van der Waals surface area contributed by atoms with E-state index in [0.717, 1.165) is 0 Å². The molecule has 0 aliphatic rings. The number of halogens is 26. The van der Waals surface area contributed by atoms with Crippen molar-refractivity contribution in [3.05, 3.63) is 24.8 Å². The van der Waals surface area contributed by atoms with Gasteiger partial charge in [-0.05, 0) is 6.42 Å². The first-order valence-corrected chi connectivity index (χ1v) is 11.9. The molecule has 0 heterocycles. The molecule has 0 bridgehead atoms. The highest BCUT2D eigenvalue weighted by atomic mass is 19.4. The number of hydrogen-bond donors (Lipinski definition) is 1. The normalized spacial score (nSPS) is 15.0. The van der Waals surface area contributed by atoms with Gasteiger partial charge in [-0.15, -0.1) is 0 Å². The summed E-state index contributed by atoms with van der Waals surface area (Å²) in [6.07, 6.45) is -30.2. The molecule has 0 unspecified atom stereocenters. The Balaban J connectivity index is 0. The van der Waals surface area contributed by atoms with Crippen LogP contribution in [0.3, 0.4) is 0 Å². The number of hydrogen-bond acceptors (Lipinski definition) is 3. The maximum atomic E-state index is 13.2. The summed E-state index contributed by atoms with van der Waals surface area (Å²) in [5.41, 5.74) is -1.27. The lowest BCUT2D eigenvalue weighted by Gasteiger charge is -2.39. The van der Waals surface area contributed by atoms with Gasteiger partial charge < -0.3 is 9.84 Å². The molecule has 0 spiro atoms. The highest BCUT2D eigenvalue weighted by molar-refractivity contribution is 5.85. The number of ether oxygens (including phenoxy) is 1. The van der Waals surface area contributed by atoms with Crippen LogP contribution in [0.5, 0.6) is 0 Å². The molecule has 1 N–H and O–H groups in total. The minimum atomic E-state index is -7.96. The van der Waals surface area contributed by atoms with Crippen molar-refractivity contribution in [3.8, 4) is 0 Å². The number of carbonyl (C=O) groups is 2. The highest BCUT2D eigenvalue weighted by Crippen LogP contribution is 2.61. The molecular formula is C22H14F26O4. The number of carboxylic acid groups (broad SMARTS) is 1. The van der Waals surface area contributed by atoms with E-state index in [4.69, 9.17) is 5.11 Å². The molecule has 0 rings (SSSR count). The monoisotopic (exact) mass is 836 g/mol. The van der Waals surface area contributed by atoms with Crippen LogP contribution in [0, 0.1) is 0 Å². The lowest BCUT2D eigenvalue weighted by Crippen LogP contribution is -2.70.